The summed E-state index contributed by atoms with van der Waals surface area (Å²) in [7, 11) is 1.57. The predicted molar refractivity (Wildman–Crippen MR) is 73.2 cm³/mol. The zero-order valence-electron chi connectivity index (χ0n) is 11.3. The van der Waals surface area contributed by atoms with Crippen LogP contribution in [0.3, 0.4) is 0 Å². The minimum atomic E-state index is -0.260. The molecule has 0 bridgehead atoms. The summed E-state index contributed by atoms with van der Waals surface area (Å²) in [6.07, 6.45) is 4.83. The van der Waals surface area contributed by atoms with E-state index in [1.165, 1.54) is 0 Å². The Hall–Kier alpha value is -1.97. The van der Waals surface area contributed by atoms with E-state index >= 15 is 0 Å². The molecule has 2 N–H and O–H groups in total. The van der Waals surface area contributed by atoms with Crippen LogP contribution in [0.25, 0.3) is 0 Å². The van der Waals surface area contributed by atoms with Gasteiger partial charge in [-0.3, -0.25) is 4.79 Å². The van der Waals surface area contributed by atoms with Crippen LogP contribution in [0.1, 0.15) is 37.8 Å². The number of hydrogen-bond donors (Lipinski definition) is 2. The molecule has 1 aromatic carbocycles. The second kappa shape index (κ2) is 5.78. The summed E-state index contributed by atoms with van der Waals surface area (Å²) in [6.45, 7) is 1.85. The molecule has 0 aliphatic heterocycles. The molecule has 0 radical (unpaired) electrons. The molecule has 0 saturated heterocycles. The van der Waals surface area contributed by atoms with Crippen LogP contribution in [0.15, 0.2) is 29.8 Å². The standard InChI is InChI=1S/C15H19NO3/c1-10(16-15(18)11-5-3-4-6-11)13-9-12(19-2)7-8-14(13)17/h5,7-10,17H,3-4,6H2,1-2H3,(H,16,18)/t10-/m0/s1. The van der Waals surface area contributed by atoms with Gasteiger partial charge in [0, 0.05) is 11.1 Å². The molecule has 0 unspecified atom stereocenters. The maximum absolute atomic E-state index is 12.0. The molecule has 0 aromatic heterocycles. The third kappa shape index (κ3) is 3.08. The third-order valence-corrected chi connectivity index (χ3v) is 3.38. The molecular formula is C15H19NO3. The first kappa shape index (κ1) is 13.5. The van der Waals surface area contributed by atoms with Gasteiger partial charge in [-0.2, -0.15) is 0 Å². The molecule has 1 aliphatic carbocycles. The van der Waals surface area contributed by atoms with Crippen LogP contribution in [-0.4, -0.2) is 18.1 Å². The van der Waals surface area contributed by atoms with Gasteiger partial charge in [-0.1, -0.05) is 6.08 Å². The van der Waals surface area contributed by atoms with Crippen LogP contribution in [0.4, 0.5) is 0 Å². The molecular weight excluding hydrogens is 242 g/mol. The van der Waals surface area contributed by atoms with Gasteiger partial charge in [0.15, 0.2) is 0 Å². The first-order valence-electron chi connectivity index (χ1n) is 6.48. The summed E-state index contributed by atoms with van der Waals surface area (Å²) in [5, 5.41) is 12.8. The van der Waals surface area contributed by atoms with Crippen molar-refractivity contribution < 1.29 is 14.6 Å². The highest BCUT2D eigenvalue weighted by Crippen LogP contribution is 2.28. The number of carbonyl (C=O) groups excluding carboxylic acids is 1. The van der Waals surface area contributed by atoms with Crippen molar-refractivity contribution in [2.45, 2.75) is 32.2 Å². The van der Waals surface area contributed by atoms with E-state index in [1.54, 1.807) is 25.3 Å². The topological polar surface area (TPSA) is 58.6 Å². The van der Waals surface area contributed by atoms with Crippen molar-refractivity contribution >= 4 is 5.91 Å². The number of rotatable bonds is 4. The number of nitrogens with one attached hydrogen (secondary N) is 1. The Kier molecular flexibility index (Phi) is 4.10. The highest BCUT2D eigenvalue weighted by atomic mass is 16.5. The van der Waals surface area contributed by atoms with Crippen molar-refractivity contribution in [2.24, 2.45) is 0 Å². The number of phenolic OH excluding ortho intramolecular Hbond substituents is 1. The smallest absolute Gasteiger partial charge is 0.247 e. The Labute approximate surface area is 113 Å². The fourth-order valence-corrected chi connectivity index (χ4v) is 2.25. The van der Waals surface area contributed by atoms with E-state index in [-0.39, 0.29) is 17.7 Å². The zero-order chi connectivity index (χ0) is 13.8. The normalized spacial score (nSPS) is 15.8. The summed E-state index contributed by atoms with van der Waals surface area (Å²) in [5.74, 6) is 0.773. The van der Waals surface area contributed by atoms with Gasteiger partial charge >= 0.3 is 0 Å². The molecule has 0 saturated carbocycles. The third-order valence-electron chi connectivity index (χ3n) is 3.38. The molecule has 102 valence electrons. The first-order chi connectivity index (χ1) is 9.11. The lowest BCUT2D eigenvalue weighted by molar-refractivity contribution is -0.118. The van der Waals surface area contributed by atoms with Gasteiger partial charge in [-0.15, -0.1) is 0 Å². The maximum Gasteiger partial charge on any atom is 0.247 e. The number of aromatic hydroxyl groups is 1. The van der Waals surface area contributed by atoms with Gasteiger partial charge < -0.3 is 15.2 Å². The highest BCUT2D eigenvalue weighted by Gasteiger charge is 2.18. The molecule has 1 aliphatic rings. The second-order valence-corrected chi connectivity index (χ2v) is 4.74. The average Bonchev–Trinajstić information content (AvgIpc) is 2.93. The summed E-state index contributed by atoms with van der Waals surface area (Å²) in [6, 6.07) is 4.74. The van der Waals surface area contributed by atoms with Crippen molar-refractivity contribution in [3.63, 3.8) is 0 Å². The van der Waals surface area contributed by atoms with Gasteiger partial charge in [0.05, 0.1) is 13.2 Å². The molecule has 1 aromatic rings. The fraction of sp³-hybridized carbons (Fsp3) is 0.400. The number of benzene rings is 1. The number of methoxy groups -OCH3 is 1. The Morgan fingerprint density at radius 1 is 1.47 bits per heavy atom. The van der Waals surface area contributed by atoms with E-state index in [9.17, 15) is 9.90 Å². The number of ether oxygens (including phenoxy) is 1. The molecule has 0 spiro atoms. The van der Waals surface area contributed by atoms with Crippen molar-refractivity contribution in [1.29, 1.82) is 0 Å². The van der Waals surface area contributed by atoms with Crippen LogP contribution >= 0.6 is 0 Å². The fourth-order valence-electron chi connectivity index (χ4n) is 2.25. The second-order valence-electron chi connectivity index (χ2n) is 4.74. The van der Waals surface area contributed by atoms with Crippen molar-refractivity contribution in [2.75, 3.05) is 7.11 Å². The Balaban J connectivity index is 2.10. The van der Waals surface area contributed by atoms with Gasteiger partial charge in [0.1, 0.15) is 11.5 Å². The lowest BCUT2D eigenvalue weighted by atomic mass is 10.1. The van der Waals surface area contributed by atoms with Crippen LogP contribution < -0.4 is 10.1 Å². The average molecular weight is 261 g/mol. The molecule has 0 fully saturated rings. The Bertz CT molecular complexity index is 508. The van der Waals surface area contributed by atoms with Crippen LogP contribution in [0.5, 0.6) is 11.5 Å². The van der Waals surface area contributed by atoms with E-state index in [4.69, 9.17) is 4.74 Å². The molecule has 19 heavy (non-hydrogen) atoms. The van der Waals surface area contributed by atoms with Crippen molar-refractivity contribution in [1.82, 2.24) is 5.32 Å². The Morgan fingerprint density at radius 3 is 2.89 bits per heavy atom. The number of hydrogen-bond acceptors (Lipinski definition) is 3. The zero-order valence-corrected chi connectivity index (χ0v) is 11.3. The monoisotopic (exact) mass is 261 g/mol. The summed E-state index contributed by atoms with van der Waals surface area (Å²) in [5.41, 5.74) is 1.50. The predicted octanol–water partition coefficient (Wildman–Crippen LogP) is 2.69. The van der Waals surface area contributed by atoms with Crippen molar-refractivity contribution in [3.8, 4) is 11.5 Å². The molecule has 0 heterocycles. The summed E-state index contributed by atoms with van der Waals surface area (Å²) in [4.78, 5) is 12.0. The minimum absolute atomic E-state index is 0.0489. The number of phenols is 1. The lowest BCUT2D eigenvalue weighted by Crippen LogP contribution is -2.27. The van der Waals surface area contributed by atoms with E-state index in [0.717, 1.165) is 24.8 Å². The molecule has 1 atom stereocenters. The van der Waals surface area contributed by atoms with E-state index < -0.39 is 0 Å². The van der Waals surface area contributed by atoms with Crippen LogP contribution in [-0.2, 0) is 4.79 Å². The number of carbonyl (C=O) groups is 1. The molecule has 2 rings (SSSR count). The highest BCUT2D eigenvalue weighted by molar-refractivity contribution is 5.94. The largest absolute Gasteiger partial charge is 0.508 e. The number of allylic oxidation sites excluding steroid dienone is 1. The first-order valence-corrected chi connectivity index (χ1v) is 6.48. The van der Waals surface area contributed by atoms with Crippen LogP contribution in [0, 0.1) is 0 Å². The minimum Gasteiger partial charge on any atom is -0.508 e. The molecule has 1 amide bonds. The molecule has 4 nitrogen and oxygen atoms in total. The van der Waals surface area contributed by atoms with E-state index in [0.29, 0.717) is 11.3 Å². The van der Waals surface area contributed by atoms with Crippen LogP contribution in [0.2, 0.25) is 0 Å². The van der Waals surface area contributed by atoms with Gasteiger partial charge in [0.25, 0.3) is 0 Å². The van der Waals surface area contributed by atoms with E-state index in [2.05, 4.69) is 5.32 Å². The van der Waals surface area contributed by atoms with Gasteiger partial charge in [-0.25, -0.2) is 0 Å². The summed E-state index contributed by atoms with van der Waals surface area (Å²) >= 11 is 0. The van der Waals surface area contributed by atoms with Gasteiger partial charge in [-0.05, 0) is 44.4 Å². The number of amides is 1. The SMILES string of the molecule is COc1ccc(O)c([C@H](C)NC(=O)C2=CCCC2)c1. The lowest BCUT2D eigenvalue weighted by Gasteiger charge is -2.17. The molecule has 4 heteroatoms. The van der Waals surface area contributed by atoms with E-state index in [1.807, 2.05) is 13.0 Å². The maximum atomic E-state index is 12.0. The quantitative estimate of drug-likeness (QED) is 0.876. The summed E-state index contributed by atoms with van der Waals surface area (Å²) < 4.78 is 5.13. The van der Waals surface area contributed by atoms with Crippen molar-refractivity contribution in [3.05, 3.63) is 35.4 Å². The van der Waals surface area contributed by atoms with Gasteiger partial charge in [0.2, 0.25) is 5.91 Å². The Morgan fingerprint density at radius 2 is 2.26 bits per heavy atom.